The van der Waals surface area contributed by atoms with E-state index >= 15 is 0 Å². The van der Waals surface area contributed by atoms with Gasteiger partial charge in [-0.25, -0.2) is 27.8 Å². The number of ether oxygens (including phenoxy) is 4. The Morgan fingerprint density at radius 1 is 0.588 bits per heavy atom. The highest BCUT2D eigenvalue weighted by molar-refractivity contribution is 7.84. The Kier molecular flexibility index (Phi) is 19.1. The Bertz CT molecular complexity index is 3260. The fourth-order valence-corrected chi connectivity index (χ4v) is 13.9. The molecule has 14 nitrogen and oxygen atoms in total. The summed E-state index contributed by atoms with van der Waals surface area (Å²) >= 11 is 0. The van der Waals surface area contributed by atoms with E-state index in [4.69, 9.17) is 28.9 Å². The third-order valence-corrected chi connectivity index (χ3v) is 21.7. The molecule has 2 fully saturated rings. The molecule has 2 aliphatic rings. The lowest BCUT2D eigenvalue weighted by Crippen LogP contribution is -2.52. The predicted molar refractivity (Wildman–Crippen MR) is 331 cm³/mol. The maximum absolute atomic E-state index is 14.0. The van der Waals surface area contributed by atoms with Gasteiger partial charge in [-0.2, -0.15) is 10.5 Å². The van der Waals surface area contributed by atoms with Gasteiger partial charge in [-0.1, -0.05) is 51.4 Å². The molecule has 2 saturated carbocycles. The van der Waals surface area contributed by atoms with Crippen LogP contribution in [0.5, 0.6) is 11.5 Å². The van der Waals surface area contributed by atoms with E-state index in [1.807, 2.05) is 84.0 Å². The van der Waals surface area contributed by atoms with E-state index in [0.29, 0.717) is 31.1 Å². The molecule has 0 amide bonds. The predicted octanol–water partition coefficient (Wildman–Crippen LogP) is 13.1. The minimum atomic E-state index is -1.41. The summed E-state index contributed by atoms with van der Waals surface area (Å²) in [5.41, 5.74) is 8.77. The van der Waals surface area contributed by atoms with E-state index in [2.05, 4.69) is 110 Å². The lowest BCUT2D eigenvalue weighted by Gasteiger charge is -2.39. The van der Waals surface area contributed by atoms with Crippen molar-refractivity contribution in [1.29, 1.82) is 10.5 Å². The van der Waals surface area contributed by atoms with Crippen molar-refractivity contribution in [2.75, 3.05) is 27.4 Å². The van der Waals surface area contributed by atoms with Gasteiger partial charge in [-0.15, -0.1) is 0 Å². The molecule has 8 rings (SSSR count). The number of nitriles is 2. The summed E-state index contributed by atoms with van der Waals surface area (Å²) in [6, 6.07) is 26.2. The number of nitrogens with one attached hydrogen (secondary N) is 2. The van der Waals surface area contributed by atoms with Crippen LogP contribution in [0.4, 0.5) is 0 Å². The van der Waals surface area contributed by atoms with Crippen molar-refractivity contribution in [1.82, 2.24) is 28.5 Å². The van der Waals surface area contributed by atoms with Crippen LogP contribution < -0.4 is 18.9 Å². The van der Waals surface area contributed by atoms with Gasteiger partial charge >= 0.3 is 0 Å². The van der Waals surface area contributed by atoms with Crippen molar-refractivity contribution in [2.45, 2.75) is 180 Å². The van der Waals surface area contributed by atoms with Crippen LogP contribution in [-0.4, -0.2) is 80.6 Å². The van der Waals surface area contributed by atoms with Crippen LogP contribution in [0, 0.1) is 62.2 Å². The van der Waals surface area contributed by atoms with Gasteiger partial charge in [0.1, 0.15) is 47.7 Å². The van der Waals surface area contributed by atoms with Crippen LogP contribution in [0.2, 0.25) is 51.4 Å². The van der Waals surface area contributed by atoms with Gasteiger partial charge in [0.2, 0.25) is 0 Å². The molecular formula is C62H88N8O6S2Si2. The number of hydrogen-bond acceptors (Lipinski definition) is 10. The number of imidazole rings is 2. The minimum absolute atomic E-state index is 0.155. The molecule has 6 aromatic rings. The van der Waals surface area contributed by atoms with E-state index in [9.17, 15) is 18.9 Å². The lowest BCUT2D eigenvalue weighted by molar-refractivity contribution is 0.0845. The molecule has 2 aromatic heterocycles. The van der Waals surface area contributed by atoms with Crippen LogP contribution in [0.15, 0.2) is 60.7 Å². The summed E-state index contributed by atoms with van der Waals surface area (Å²) in [7, 11) is -2.01. The van der Waals surface area contributed by atoms with Crippen LogP contribution in [0.25, 0.3) is 22.1 Å². The maximum Gasteiger partial charge on any atom is 0.138 e. The molecular weight excluding hydrogens is 1070 g/mol. The fraction of sp³-hybridized carbons (Fsp3) is 0.548. The fourth-order valence-electron chi connectivity index (χ4n) is 10.5. The van der Waals surface area contributed by atoms with Gasteiger partial charge in [-0.05, 0) is 190 Å². The first-order valence-corrected chi connectivity index (χ1v) is 37.8. The van der Waals surface area contributed by atoms with Crippen LogP contribution in [0.3, 0.4) is 0 Å². The average Bonchev–Trinajstić information content (AvgIpc) is 4.44. The zero-order valence-corrected chi connectivity index (χ0v) is 54.6. The van der Waals surface area contributed by atoms with E-state index in [-0.39, 0.29) is 18.6 Å². The Hall–Kier alpha value is -5.03. The first-order chi connectivity index (χ1) is 37.4. The molecule has 0 radical (unpaired) electrons. The standard InChI is InChI=1S/2C31H44N4O3SSi/c1-21-16-22(2)28(27(17-21)37-6)31(24-11-12-24,34-39(36)30(3,4)5)29-33-25-18-23(19-32)10-13-26(25)35(29)20-38-14-15-40(7,8)9;1-21-16-22(2)28(27(17-21)37-6)31(24-11-12-24,34-39(36)30(3,4)5)29-33-25-13-10-23(19-32)18-26(25)35(29)20-38-14-15-40(7,8)9/h2*10,13,16-18,24,34H,11-12,14-15,20H2,1-9H3. The number of nitrogens with zero attached hydrogens (tertiary/aromatic N) is 6. The monoisotopic (exact) mass is 1160 g/mol. The third kappa shape index (κ3) is 13.9. The Morgan fingerprint density at radius 3 is 1.38 bits per heavy atom. The van der Waals surface area contributed by atoms with Crippen LogP contribution in [0.1, 0.15) is 123 Å². The third-order valence-electron chi connectivity index (χ3n) is 15.0. The molecule has 2 N–H and O–H groups in total. The van der Waals surface area contributed by atoms with Gasteiger partial charge in [-0.3, -0.25) is 0 Å². The molecule has 2 heterocycles. The molecule has 0 aliphatic heterocycles. The van der Waals surface area contributed by atoms with Gasteiger partial charge in [0, 0.05) is 40.5 Å². The molecule has 4 atom stereocenters. The SMILES string of the molecule is COc1cc(C)cc(C)c1C(NS(=O)C(C)(C)C)(c1nc2cc(C#N)ccc2n1COCC[Si](C)(C)C)C1CC1.COc1cc(C)cc(C)c1C(NS(=O)C(C)(C)C)(c1nc2ccc(C#N)cc2n1COCC[Si](C)(C)C)C1CC1. The number of aromatic nitrogens is 4. The molecule has 0 saturated heterocycles. The molecule has 432 valence electrons. The summed E-state index contributed by atoms with van der Waals surface area (Å²) in [6.45, 7) is 36.1. The molecule has 4 aromatic carbocycles. The molecule has 0 bridgehead atoms. The molecule has 80 heavy (non-hydrogen) atoms. The average molecular weight is 1160 g/mol. The summed E-state index contributed by atoms with van der Waals surface area (Å²) in [5.74, 6) is 3.30. The van der Waals surface area contributed by atoms with Crippen LogP contribution >= 0.6 is 0 Å². The topological polar surface area (TPSA) is 178 Å². The summed E-state index contributed by atoms with van der Waals surface area (Å²) in [6.07, 6.45) is 3.86. The number of benzene rings is 4. The van der Waals surface area contributed by atoms with Crippen molar-refractivity contribution >= 4 is 60.2 Å². The van der Waals surface area contributed by atoms with Crippen molar-refractivity contribution in [3.05, 3.63) is 117 Å². The van der Waals surface area contributed by atoms with Crippen molar-refractivity contribution in [3.8, 4) is 23.6 Å². The second-order valence-corrected chi connectivity index (χ2v) is 41.7. The summed E-state index contributed by atoms with van der Waals surface area (Å²) in [5, 5.41) is 19.3. The maximum atomic E-state index is 14.0. The number of fused-ring (bicyclic) bond motifs is 2. The zero-order valence-electron chi connectivity index (χ0n) is 50.9. The van der Waals surface area contributed by atoms with Gasteiger partial charge in [0.15, 0.2) is 0 Å². The van der Waals surface area contributed by atoms with Gasteiger partial charge in [0.05, 0.1) is 91.0 Å². The first-order valence-electron chi connectivity index (χ1n) is 28.1. The number of hydrogen-bond donors (Lipinski definition) is 2. The summed E-state index contributed by atoms with van der Waals surface area (Å²) in [4.78, 5) is 10.5. The second kappa shape index (κ2) is 24.4. The molecule has 2 aliphatic carbocycles. The molecule has 4 unspecified atom stereocenters. The number of methoxy groups -OCH3 is 2. The van der Waals surface area contributed by atoms with E-state index in [1.54, 1.807) is 20.3 Å². The largest absolute Gasteiger partial charge is 0.496 e. The Labute approximate surface area is 483 Å². The van der Waals surface area contributed by atoms with Gasteiger partial charge < -0.3 is 28.1 Å². The highest BCUT2D eigenvalue weighted by atomic mass is 32.2. The molecule has 18 heteroatoms. The van der Waals surface area contributed by atoms with Crippen molar-refractivity contribution < 1.29 is 27.4 Å². The molecule has 0 spiro atoms. The van der Waals surface area contributed by atoms with Crippen molar-refractivity contribution in [3.63, 3.8) is 0 Å². The normalized spacial score (nSPS) is 16.5. The van der Waals surface area contributed by atoms with E-state index in [1.165, 1.54) is 0 Å². The number of aryl methyl sites for hydroxylation is 4. The van der Waals surface area contributed by atoms with E-state index < -0.39 is 58.7 Å². The lowest BCUT2D eigenvalue weighted by atomic mass is 9.81. The van der Waals surface area contributed by atoms with E-state index in [0.717, 1.165) is 116 Å². The quantitative estimate of drug-likeness (QED) is 0.0491. The van der Waals surface area contributed by atoms with Crippen molar-refractivity contribution in [2.24, 2.45) is 11.8 Å². The van der Waals surface area contributed by atoms with Crippen LogP contribution in [-0.2, 0) is 56.0 Å². The smallest absolute Gasteiger partial charge is 0.138 e. The minimum Gasteiger partial charge on any atom is -0.496 e. The first kappa shape index (κ1) is 62.6. The second-order valence-electron chi connectivity index (χ2n) is 26.5. The Balaban J connectivity index is 0.000000231. The summed E-state index contributed by atoms with van der Waals surface area (Å²) < 4.78 is 63.1. The highest BCUT2D eigenvalue weighted by Gasteiger charge is 2.56. The van der Waals surface area contributed by atoms with Gasteiger partial charge in [0.25, 0.3) is 0 Å². The zero-order chi connectivity index (χ0) is 58.9. The Morgan fingerprint density at radius 2 is 0.988 bits per heavy atom. The number of rotatable bonds is 22. The highest BCUT2D eigenvalue weighted by Crippen LogP contribution is 2.55.